The zero-order valence-electron chi connectivity index (χ0n) is 16.9. The lowest BCUT2D eigenvalue weighted by Crippen LogP contribution is -2.55. The zero-order chi connectivity index (χ0) is 18.3. The predicted molar refractivity (Wildman–Crippen MR) is 112 cm³/mol. The Morgan fingerprint density at radius 1 is 1.11 bits per heavy atom. The van der Waals surface area contributed by atoms with Gasteiger partial charge in [-0.05, 0) is 69.6 Å². The van der Waals surface area contributed by atoms with Gasteiger partial charge in [-0.3, -0.25) is 9.69 Å². The van der Waals surface area contributed by atoms with Crippen LogP contribution in [0.5, 0.6) is 0 Å². The van der Waals surface area contributed by atoms with Gasteiger partial charge in [0, 0.05) is 37.5 Å². The van der Waals surface area contributed by atoms with Crippen LogP contribution in [-0.4, -0.2) is 48.7 Å². The smallest absolute Gasteiger partial charge is 0.231 e. The lowest BCUT2D eigenvalue weighted by atomic mass is 9.79. The van der Waals surface area contributed by atoms with E-state index in [1.165, 1.54) is 42.5 Å². The lowest BCUT2D eigenvalue weighted by molar-refractivity contribution is -0.118. The maximum Gasteiger partial charge on any atom is 0.231 e. The van der Waals surface area contributed by atoms with Crippen LogP contribution in [0.25, 0.3) is 0 Å². The molecule has 1 amide bonds. The Balaban J connectivity index is 0.00000210. The normalized spacial score (nSPS) is 29.5. The molecule has 27 heavy (non-hydrogen) atoms. The number of piperidine rings is 1. The molecular weight excluding hydrogens is 360 g/mol. The summed E-state index contributed by atoms with van der Waals surface area (Å²) in [7, 11) is 1.84. The van der Waals surface area contributed by atoms with E-state index in [1.807, 2.05) is 7.11 Å². The molecule has 0 N–H and O–H groups in total. The third-order valence-electron chi connectivity index (χ3n) is 7.05. The quantitative estimate of drug-likeness (QED) is 0.775. The molecule has 1 aliphatic carbocycles. The number of anilines is 1. The Hall–Kier alpha value is -1.10. The summed E-state index contributed by atoms with van der Waals surface area (Å²) in [6, 6.07) is 6.81. The maximum atomic E-state index is 12.7. The molecule has 1 saturated carbocycles. The van der Waals surface area contributed by atoms with Gasteiger partial charge in [0.25, 0.3) is 0 Å². The summed E-state index contributed by atoms with van der Waals surface area (Å²) < 4.78 is 5.55. The van der Waals surface area contributed by atoms with Crippen molar-refractivity contribution in [3.63, 3.8) is 0 Å². The van der Waals surface area contributed by atoms with Crippen LogP contribution >= 0.6 is 12.4 Å². The molecule has 0 radical (unpaired) electrons. The largest absolute Gasteiger partial charge is 0.381 e. The molecule has 0 spiro atoms. The molecule has 0 atom stereocenters. The third-order valence-corrected chi connectivity index (χ3v) is 7.05. The van der Waals surface area contributed by atoms with Crippen LogP contribution < -0.4 is 4.90 Å². The first-order chi connectivity index (χ1) is 12.5. The number of benzene rings is 1. The Bertz CT molecular complexity index is 677. The van der Waals surface area contributed by atoms with E-state index in [1.54, 1.807) is 0 Å². The standard InChI is InChI=1S/C22H32N2O2.ClH/c1-16-4-5-17-15-21(25)24(20(17)14-16)18-8-12-23(13-9-18)22(2)10-6-19(26-3)7-11-22;/h4-5,14,18-19H,6-13,15H2,1-3H3;1H. The molecule has 1 aromatic carbocycles. The van der Waals surface area contributed by atoms with Crippen molar-refractivity contribution in [2.75, 3.05) is 25.1 Å². The number of likely N-dealkylation sites (tertiary alicyclic amines) is 1. The molecule has 150 valence electrons. The second-order valence-electron chi connectivity index (χ2n) is 8.72. The van der Waals surface area contributed by atoms with Gasteiger partial charge in [0.1, 0.15) is 0 Å². The van der Waals surface area contributed by atoms with E-state index in [-0.39, 0.29) is 18.3 Å². The van der Waals surface area contributed by atoms with Crippen LogP contribution in [0.2, 0.25) is 0 Å². The fraction of sp³-hybridized carbons (Fsp3) is 0.682. The first-order valence-electron chi connectivity index (χ1n) is 10.2. The number of hydrogen-bond donors (Lipinski definition) is 0. The van der Waals surface area contributed by atoms with Crippen LogP contribution in [0.3, 0.4) is 0 Å². The van der Waals surface area contributed by atoms with Crippen LogP contribution in [0, 0.1) is 6.92 Å². The first kappa shape index (κ1) is 20.6. The van der Waals surface area contributed by atoms with Gasteiger partial charge in [0.05, 0.1) is 12.5 Å². The Morgan fingerprint density at radius 3 is 2.41 bits per heavy atom. The van der Waals surface area contributed by atoms with Gasteiger partial charge in [0.15, 0.2) is 0 Å². The number of rotatable bonds is 3. The number of fused-ring (bicyclic) bond motifs is 1. The number of aryl methyl sites for hydroxylation is 1. The van der Waals surface area contributed by atoms with Crippen molar-refractivity contribution < 1.29 is 9.53 Å². The minimum atomic E-state index is 0. The highest BCUT2D eigenvalue weighted by Gasteiger charge is 2.40. The fourth-order valence-corrected chi connectivity index (χ4v) is 5.26. The number of halogens is 1. The SMILES string of the molecule is COC1CCC(C)(N2CCC(N3C(=O)Cc4ccc(C)cc43)CC2)CC1.Cl. The van der Waals surface area contributed by atoms with E-state index >= 15 is 0 Å². The van der Waals surface area contributed by atoms with E-state index in [9.17, 15) is 4.79 Å². The predicted octanol–water partition coefficient (Wildman–Crippen LogP) is 4.12. The molecule has 0 aromatic heterocycles. The molecule has 3 aliphatic rings. The number of amides is 1. The molecule has 2 heterocycles. The topological polar surface area (TPSA) is 32.8 Å². The second-order valence-corrected chi connectivity index (χ2v) is 8.72. The average Bonchev–Trinajstić information content (AvgIpc) is 2.97. The Kier molecular flexibility index (Phi) is 6.19. The van der Waals surface area contributed by atoms with Crippen molar-refractivity contribution in [2.45, 2.75) is 76.5 Å². The number of carbonyl (C=O) groups is 1. The van der Waals surface area contributed by atoms with Crippen molar-refractivity contribution in [3.8, 4) is 0 Å². The van der Waals surface area contributed by atoms with Crippen molar-refractivity contribution in [2.24, 2.45) is 0 Å². The Labute approximate surface area is 169 Å². The van der Waals surface area contributed by atoms with Crippen molar-refractivity contribution in [1.29, 1.82) is 0 Å². The summed E-state index contributed by atoms with van der Waals surface area (Å²) in [6.07, 6.45) is 7.98. The molecule has 0 bridgehead atoms. The third kappa shape index (κ3) is 3.90. The molecule has 0 unspecified atom stereocenters. The fourth-order valence-electron chi connectivity index (χ4n) is 5.26. The van der Waals surface area contributed by atoms with Gasteiger partial charge in [-0.25, -0.2) is 0 Å². The highest BCUT2D eigenvalue weighted by molar-refractivity contribution is 6.02. The molecule has 2 aliphatic heterocycles. The van der Waals surface area contributed by atoms with Crippen molar-refractivity contribution in [1.82, 2.24) is 4.90 Å². The summed E-state index contributed by atoms with van der Waals surface area (Å²) in [6.45, 7) is 6.74. The number of methoxy groups -OCH3 is 1. The monoisotopic (exact) mass is 392 g/mol. The summed E-state index contributed by atoms with van der Waals surface area (Å²) in [5.74, 6) is 0.288. The Morgan fingerprint density at radius 2 is 1.78 bits per heavy atom. The van der Waals surface area contributed by atoms with Crippen LogP contribution in [0.15, 0.2) is 18.2 Å². The molecular formula is C22H33ClN2O2. The highest BCUT2D eigenvalue weighted by atomic mass is 35.5. The van der Waals surface area contributed by atoms with Crippen LogP contribution in [0.4, 0.5) is 5.69 Å². The number of ether oxygens (including phenoxy) is 1. The number of hydrogen-bond acceptors (Lipinski definition) is 3. The molecule has 1 saturated heterocycles. The van der Waals surface area contributed by atoms with E-state index < -0.39 is 0 Å². The van der Waals surface area contributed by atoms with Gasteiger partial charge < -0.3 is 9.64 Å². The van der Waals surface area contributed by atoms with Crippen molar-refractivity contribution in [3.05, 3.63) is 29.3 Å². The van der Waals surface area contributed by atoms with E-state index in [2.05, 4.69) is 41.8 Å². The summed E-state index contributed by atoms with van der Waals surface area (Å²) in [5, 5.41) is 0. The van der Waals surface area contributed by atoms with Crippen LogP contribution in [0.1, 0.15) is 56.6 Å². The summed E-state index contributed by atoms with van der Waals surface area (Å²) in [4.78, 5) is 17.5. The summed E-state index contributed by atoms with van der Waals surface area (Å²) in [5.41, 5.74) is 3.92. The van der Waals surface area contributed by atoms with Gasteiger partial charge in [-0.15, -0.1) is 12.4 Å². The first-order valence-corrected chi connectivity index (χ1v) is 10.2. The molecule has 4 rings (SSSR count). The average molecular weight is 393 g/mol. The van der Waals surface area contributed by atoms with Gasteiger partial charge >= 0.3 is 0 Å². The highest BCUT2D eigenvalue weighted by Crippen LogP contribution is 2.39. The minimum absolute atomic E-state index is 0. The van der Waals surface area contributed by atoms with Gasteiger partial charge in [-0.1, -0.05) is 12.1 Å². The van der Waals surface area contributed by atoms with Gasteiger partial charge in [0.2, 0.25) is 5.91 Å². The molecule has 5 heteroatoms. The minimum Gasteiger partial charge on any atom is -0.381 e. The number of carbonyl (C=O) groups excluding carboxylic acids is 1. The van der Waals surface area contributed by atoms with Crippen LogP contribution in [-0.2, 0) is 16.0 Å². The number of nitrogens with zero attached hydrogens (tertiary/aromatic N) is 2. The van der Waals surface area contributed by atoms with Gasteiger partial charge in [-0.2, -0.15) is 0 Å². The van der Waals surface area contributed by atoms with E-state index in [4.69, 9.17) is 4.74 Å². The molecule has 2 fully saturated rings. The lowest BCUT2D eigenvalue weighted by Gasteiger charge is -2.49. The molecule has 1 aromatic rings. The van der Waals surface area contributed by atoms with Crippen molar-refractivity contribution >= 4 is 24.0 Å². The van der Waals surface area contributed by atoms with E-state index in [0.717, 1.165) is 25.9 Å². The molecule has 4 nitrogen and oxygen atoms in total. The maximum absolute atomic E-state index is 12.7. The summed E-state index contributed by atoms with van der Waals surface area (Å²) >= 11 is 0. The van der Waals surface area contributed by atoms with E-state index in [0.29, 0.717) is 24.1 Å². The zero-order valence-corrected chi connectivity index (χ0v) is 17.7. The second kappa shape index (κ2) is 8.10.